The van der Waals surface area contributed by atoms with Crippen LogP contribution in [0.25, 0.3) is 0 Å². The predicted molar refractivity (Wildman–Crippen MR) is 102 cm³/mol. The molecular weight excluding hydrogens is 338 g/mol. The Hall–Kier alpha value is -2.61. The van der Waals surface area contributed by atoms with Crippen LogP contribution in [0.4, 0.5) is 5.69 Å². The van der Waals surface area contributed by atoms with E-state index in [2.05, 4.69) is 39.2 Å². The molecule has 8 heteroatoms. The number of nitrogens with zero attached hydrogens (tertiary/aromatic N) is 3. The van der Waals surface area contributed by atoms with Crippen molar-refractivity contribution in [3.05, 3.63) is 51.9 Å². The lowest BCUT2D eigenvalue weighted by atomic mass is 10.2. The Labute approximate surface area is 150 Å². The number of aromatic amines is 1. The van der Waals surface area contributed by atoms with Crippen LogP contribution in [0.5, 0.6) is 0 Å². The maximum absolute atomic E-state index is 12.0. The quantitative estimate of drug-likeness (QED) is 0.342. The van der Waals surface area contributed by atoms with Crippen LogP contribution in [0.15, 0.2) is 45.4 Å². The van der Waals surface area contributed by atoms with Crippen molar-refractivity contribution in [3.8, 4) is 0 Å². The molecule has 0 spiro atoms. The zero-order valence-electron chi connectivity index (χ0n) is 14.4. The van der Waals surface area contributed by atoms with Gasteiger partial charge >= 0.3 is 0 Å². The van der Waals surface area contributed by atoms with Crippen LogP contribution in [-0.2, 0) is 0 Å². The minimum Gasteiger partial charge on any atom is -0.372 e. The smallest absolute Gasteiger partial charge is 0.290 e. The third kappa shape index (κ3) is 5.18. The van der Waals surface area contributed by atoms with Gasteiger partial charge < -0.3 is 9.88 Å². The van der Waals surface area contributed by atoms with E-state index in [0.29, 0.717) is 5.16 Å². The fourth-order valence-corrected chi connectivity index (χ4v) is 2.62. The second-order valence-electron chi connectivity index (χ2n) is 5.10. The van der Waals surface area contributed by atoms with Crippen molar-refractivity contribution in [3.63, 3.8) is 0 Å². The van der Waals surface area contributed by atoms with Crippen LogP contribution >= 0.6 is 11.8 Å². The first-order chi connectivity index (χ1) is 12.1. The summed E-state index contributed by atoms with van der Waals surface area (Å²) in [7, 11) is 0. The van der Waals surface area contributed by atoms with Gasteiger partial charge in [-0.2, -0.15) is 5.10 Å². The summed E-state index contributed by atoms with van der Waals surface area (Å²) in [6.07, 6.45) is 3.31. The van der Waals surface area contributed by atoms with Crippen molar-refractivity contribution in [1.29, 1.82) is 0 Å². The maximum Gasteiger partial charge on any atom is 0.290 e. The van der Waals surface area contributed by atoms with Gasteiger partial charge in [-0.3, -0.25) is 9.59 Å². The van der Waals surface area contributed by atoms with Crippen LogP contribution in [-0.4, -0.2) is 41.4 Å². The molecule has 0 saturated carbocycles. The van der Waals surface area contributed by atoms with E-state index in [-0.39, 0.29) is 11.3 Å². The van der Waals surface area contributed by atoms with E-state index in [0.717, 1.165) is 30.4 Å². The molecular formula is C17H21N5O2S. The first-order valence-electron chi connectivity index (χ1n) is 7.91. The molecule has 0 radical (unpaired) electrons. The first kappa shape index (κ1) is 18.7. The summed E-state index contributed by atoms with van der Waals surface area (Å²) in [6.45, 7) is 6.11. The molecule has 0 bridgehead atoms. The molecule has 2 N–H and O–H groups in total. The zero-order valence-corrected chi connectivity index (χ0v) is 15.3. The van der Waals surface area contributed by atoms with Crippen molar-refractivity contribution in [2.45, 2.75) is 19.0 Å². The average Bonchev–Trinajstić information content (AvgIpc) is 2.63. The molecule has 7 nitrogen and oxygen atoms in total. The van der Waals surface area contributed by atoms with Crippen molar-refractivity contribution >= 4 is 29.6 Å². The summed E-state index contributed by atoms with van der Waals surface area (Å²) in [5.74, 6) is -0.530. The normalized spacial score (nSPS) is 10.8. The first-order valence-corrected chi connectivity index (χ1v) is 9.13. The number of hydrogen-bond donors (Lipinski definition) is 2. The van der Waals surface area contributed by atoms with Gasteiger partial charge in [0, 0.05) is 24.8 Å². The molecule has 0 aliphatic rings. The number of benzene rings is 1. The van der Waals surface area contributed by atoms with Crippen molar-refractivity contribution in [2.24, 2.45) is 5.10 Å². The standard InChI is InChI=1S/C17H21N5O2S/c1-4-22(5-2)13-8-6-12(7-9-13)11-18-21-16(24)14-10-15(23)20-17(19-14)25-3/h6-11H,4-5H2,1-3H3,(H,21,24)(H,19,20,23). The molecule has 1 aromatic carbocycles. The lowest BCUT2D eigenvalue weighted by molar-refractivity contribution is 0.0949. The molecule has 0 unspecified atom stereocenters. The van der Waals surface area contributed by atoms with E-state index >= 15 is 0 Å². The molecule has 1 aromatic heterocycles. The Morgan fingerprint density at radius 1 is 1.32 bits per heavy atom. The molecule has 2 rings (SSSR count). The lowest BCUT2D eigenvalue weighted by Crippen LogP contribution is -2.22. The van der Waals surface area contributed by atoms with Crippen molar-refractivity contribution in [1.82, 2.24) is 15.4 Å². The number of hydrazone groups is 1. The molecule has 1 heterocycles. The highest BCUT2D eigenvalue weighted by Gasteiger charge is 2.09. The van der Waals surface area contributed by atoms with E-state index in [9.17, 15) is 9.59 Å². The number of rotatable bonds is 7. The number of nitrogens with one attached hydrogen (secondary N) is 2. The fraction of sp³-hybridized carbons (Fsp3) is 0.294. The van der Waals surface area contributed by atoms with Gasteiger partial charge in [0.25, 0.3) is 11.5 Å². The largest absolute Gasteiger partial charge is 0.372 e. The molecule has 1 amide bonds. The van der Waals surface area contributed by atoms with Gasteiger partial charge in [-0.1, -0.05) is 23.9 Å². The van der Waals surface area contributed by atoms with Crippen LogP contribution in [0.3, 0.4) is 0 Å². The van der Waals surface area contributed by atoms with Gasteiger partial charge in [-0.15, -0.1) is 0 Å². The number of anilines is 1. The Morgan fingerprint density at radius 3 is 2.60 bits per heavy atom. The third-order valence-corrected chi connectivity index (χ3v) is 4.13. The van der Waals surface area contributed by atoms with Crippen LogP contribution in [0.2, 0.25) is 0 Å². The highest BCUT2D eigenvalue weighted by Crippen LogP contribution is 2.14. The van der Waals surface area contributed by atoms with Crippen molar-refractivity contribution in [2.75, 3.05) is 24.2 Å². The molecule has 0 saturated heterocycles. The molecule has 0 fully saturated rings. The minimum absolute atomic E-state index is 0.0298. The zero-order chi connectivity index (χ0) is 18.2. The van der Waals surface area contributed by atoms with Gasteiger partial charge in [-0.25, -0.2) is 10.4 Å². The number of carbonyl (C=O) groups is 1. The molecule has 2 aromatic rings. The Bertz CT molecular complexity index is 797. The lowest BCUT2D eigenvalue weighted by Gasteiger charge is -2.20. The second kappa shape index (κ2) is 9.03. The Morgan fingerprint density at radius 2 is 2.00 bits per heavy atom. The van der Waals surface area contributed by atoms with Crippen molar-refractivity contribution < 1.29 is 4.79 Å². The fourth-order valence-electron chi connectivity index (χ4n) is 2.23. The molecule has 0 atom stereocenters. The third-order valence-electron chi connectivity index (χ3n) is 3.55. The molecule has 0 aliphatic heterocycles. The van der Waals surface area contributed by atoms with Gasteiger partial charge in [0.05, 0.1) is 6.21 Å². The van der Waals surface area contributed by atoms with Gasteiger partial charge in [0.2, 0.25) is 0 Å². The summed E-state index contributed by atoms with van der Waals surface area (Å²) < 4.78 is 0. The van der Waals surface area contributed by atoms with Crippen LogP contribution in [0, 0.1) is 0 Å². The van der Waals surface area contributed by atoms with E-state index in [1.54, 1.807) is 12.5 Å². The average molecular weight is 359 g/mol. The van der Waals surface area contributed by atoms with Gasteiger partial charge in [0.1, 0.15) is 5.69 Å². The number of aromatic nitrogens is 2. The summed E-state index contributed by atoms with van der Waals surface area (Å²) in [4.78, 5) is 32.3. The number of H-pyrrole nitrogens is 1. The number of thioether (sulfide) groups is 1. The van der Waals surface area contributed by atoms with E-state index < -0.39 is 5.91 Å². The highest BCUT2D eigenvalue weighted by molar-refractivity contribution is 7.98. The summed E-state index contributed by atoms with van der Waals surface area (Å²) >= 11 is 1.25. The summed E-state index contributed by atoms with van der Waals surface area (Å²) in [6, 6.07) is 9.03. The van der Waals surface area contributed by atoms with Gasteiger partial charge in [-0.05, 0) is 37.8 Å². The topological polar surface area (TPSA) is 90.5 Å². The second-order valence-corrected chi connectivity index (χ2v) is 5.90. The van der Waals surface area contributed by atoms with E-state index in [4.69, 9.17) is 0 Å². The SMILES string of the molecule is CCN(CC)c1ccc(C=NNC(=O)c2cc(=O)[nH]c(SC)n2)cc1. The van der Waals surface area contributed by atoms with Crippen LogP contribution in [0.1, 0.15) is 29.9 Å². The monoisotopic (exact) mass is 359 g/mol. The Kier molecular flexibility index (Phi) is 6.76. The highest BCUT2D eigenvalue weighted by atomic mass is 32.2. The molecule has 25 heavy (non-hydrogen) atoms. The minimum atomic E-state index is -0.530. The number of hydrogen-bond acceptors (Lipinski definition) is 6. The van der Waals surface area contributed by atoms with Gasteiger partial charge in [0.15, 0.2) is 5.16 Å². The predicted octanol–water partition coefficient (Wildman–Crippen LogP) is 2.10. The van der Waals surface area contributed by atoms with E-state index in [1.807, 2.05) is 24.3 Å². The number of amides is 1. The summed E-state index contributed by atoms with van der Waals surface area (Å²) in [5.41, 5.74) is 4.04. The number of carbonyl (C=O) groups excluding carboxylic acids is 1. The molecule has 132 valence electrons. The maximum atomic E-state index is 12.0. The van der Waals surface area contributed by atoms with Crippen LogP contribution < -0.4 is 15.9 Å². The van der Waals surface area contributed by atoms with E-state index in [1.165, 1.54) is 11.8 Å². The Balaban J connectivity index is 2.02. The molecule has 0 aliphatic carbocycles. The summed E-state index contributed by atoms with van der Waals surface area (Å²) in [5, 5.41) is 4.30.